The van der Waals surface area contributed by atoms with Crippen LogP contribution in [0.2, 0.25) is 0 Å². The van der Waals surface area contributed by atoms with Crippen LogP contribution in [0, 0.1) is 0 Å². The molecule has 0 radical (unpaired) electrons. The second-order valence-corrected chi connectivity index (χ2v) is 3.14. The normalized spacial score (nSPS) is 9.93. The number of aromatic hydroxyl groups is 1. The van der Waals surface area contributed by atoms with Gasteiger partial charge in [-0.3, -0.25) is 0 Å². The van der Waals surface area contributed by atoms with Crippen LogP contribution < -0.4 is 4.74 Å². The van der Waals surface area contributed by atoms with Gasteiger partial charge in [0, 0.05) is 17.8 Å². The molecule has 1 aromatic heterocycles. The van der Waals surface area contributed by atoms with Gasteiger partial charge in [-0.25, -0.2) is 4.98 Å². The molecule has 2 aromatic rings. The third-order valence-corrected chi connectivity index (χ3v) is 2.15. The van der Waals surface area contributed by atoms with Gasteiger partial charge >= 0.3 is 0 Å². The van der Waals surface area contributed by atoms with Crippen LogP contribution in [0.15, 0.2) is 42.6 Å². The molecular formula is C12H11NO2. The summed E-state index contributed by atoms with van der Waals surface area (Å²) in [4.78, 5) is 4.11. The van der Waals surface area contributed by atoms with Crippen LogP contribution >= 0.6 is 0 Å². The van der Waals surface area contributed by atoms with Crippen molar-refractivity contribution in [2.75, 3.05) is 7.11 Å². The number of hydrogen-bond acceptors (Lipinski definition) is 3. The smallest absolute Gasteiger partial charge is 0.212 e. The fourth-order valence-electron chi connectivity index (χ4n) is 1.33. The van der Waals surface area contributed by atoms with E-state index in [0.717, 1.165) is 11.1 Å². The maximum Gasteiger partial charge on any atom is 0.212 e. The van der Waals surface area contributed by atoms with E-state index in [1.165, 1.54) is 0 Å². The molecule has 3 nitrogen and oxygen atoms in total. The van der Waals surface area contributed by atoms with E-state index in [1.807, 2.05) is 24.3 Å². The molecule has 0 amide bonds. The molecule has 0 aliphatic heterocycles. The molecule has 3 heteroatoms. The molecule has 15 heavy (non-hydrogen) atoms. The van der Waals surface area contributed by atoms with Crippen molar-refractivity contribution in [3.8, 4) is 22.8 Å². The van der Waals surface area contributed by atoms with Crippen molar-refractivity contribution < 1.29 is 9.84 Å². The second kappa shape index (κ2) is 4.00. The average Bonchev–Trinajstić information content (AvgIpc) is 2.30. The van der Waals surface area contributed by atoms with Crippen molar-refractivity contribution in [1.82, 2.24) is 4.98 Å². The molecule has 0 saturated heterocycles. The van der Waals surface area contributed by atoms with Crippen molar-refractivity contribution in [1.29, 1.82) is 0 Å². The predicted octanol–water partition coefficient (Wildman–Crippen LogP) is 2.46. The topological polar surface area (TPSA) is 42.4 Å². The molecule has 0 unspecified atom stereocenters. The largest absolute Gasteiger partial charge is 0.508 e. The number of phenolic OH excluding ortho intramolecular Hbond substituents is 1. The van der Waals surface area contributed by atoms with Crippen LogP contribution in [0.1, 0.15) is 0 Å². The standard InChI is InChI=1S/C12H11NO2/c1-15-12-7-4-10(8-13-12)9-2-5-11(14)6-3-9/h2-8,14H,1H3. The Kier molecular flexibility index (Phi) is 2.54. The number of nitrogens with zero attached hydrogens (tertiary/aromatic N) is 1. The van der Waals surface area contributed by atoms with Crippen LogP contribution in [0.25, 0.3) is 11.1 Å². The summed E-state index contributed by atoms with van der Waals surface area (Å²) in [5.41, 5.74) is 2.01. The van der Waals surface area contributed by atoms with Gasteiger partial charge in [0.2, 0.25) is 5.88 Å². The van der Waals surface area contributed by atoms with Crippen molar-refractivity contribution >= 4 is 0 Å². The van der Waals surface area contributed by atoms with Gasteiger partial charge in [0.05, 0.1) is 7.11 Å². The molecular weight excluding hydrogens is 190 g/mol. The van der Waals surface area contributed by atoms with Gasteiger partial charge in [0.25, 0.3) is 0 Å². The van der Waals surface area contributed by atoms with Gasteiger partial charge in [0.15, 0.2) is 0 Å². The summed E-state index contributed by atoms with van der Waals surface area (Å²) in [5, 5.41) is 9.15. The Morgan fingerprint density at radius 2 is 1.67 bits per heavy atom. The van der Waals surface area contributed by atoms with E-state index >= 15 is 0 Å². The van der Waals surface area contributed by atoms with Crippen LogP contribution in [-0.2, 0) is 0 Å². The number of pyridine rings is 1. The Morgan fingerprint density at radius 1 is 1.00 bits per heavy atom. The highest BCUT2D eigenvalue weighted by Crippen LogP contribution is 2.22. The summed E-state index contributed by atoms with van der Waals surface area (Å²) in [6.45, 7) is 0. The van der Waals surface area contributed by atoms with Crippen LogP contribution in [0.5, 0.6) is 11.6 Å². The molecule has 0 atom stereocenters. The van der Waals surface area contributed by atoms with Crippen LogP contribution in [0.3, 0.4) is 0 Å². The Balaban J connectivity index is 2.33. The van der Waals surface area contributed by atoms with Gasteiger partial charge in [-0.15, -0.1) is 0 Å². The summed E-state index contributed by atoms with van der Waals surface area (Å²) < 4.78 is 4.97. The van der Waals surface area contributed by atoms with E-state index in [2.05, 4.69) is 4.98 Å². The van der Waals surface area contributed by atoms with Gasteiger partial charge in [0.1, 0.15) is 5.75 Å². The number of hydrogen-bond donors (Lipinski definition) is 1. The maximum atomic E-state index is 9.15. The van der Waals surface area contributed by atoms with Gasteiger partial charge in [-0.1, -0.05) is 12.1 Å². The minimum absolute atomic E-state index is 0.264. The summed E-state index contributed by atoms with van der Waals surface area (Å²) >= 11 is 0. The first kappa shape index (κ1) is 9.52. The highest BCUT2D eigenvalue weighted by molar-refractivity contribution is 5.63. The number of phenols is 1. The van der Waals surface area contributed by atoms with Crippen molar-refractivity contribution in [3.05, 3.63) is 42.6 Å². The minimum atomic E-state index is 0.264. The number of methoxy groups -OCH3 is 1. The monoisotopic (exact) mass is 201 g/mol. The molecule has 0 bridgehead atoms. The maximum absolute atomic E-state index is 9.15. The number of benzene rings is 1. The summed E-state index contributed by atoms with van der Waals surface area (Å²) in [6.07, 6.45) is 1.74. The highest BCUT2D eigenvalue weighted by Gasteiger charge is 1.98. The fourth-order valence-corrected chi connectivity index (χ4v) is 1.33. The van der Waals surface area contributed by atoms with E-state index in [1.54, 1.807) is 25.4 Å². The van der Waals surface area contributed by atoms with Gasteiger partial charge in [-0.05, 0) is 23.8 Å². The quantitative estimate of drug-likeness (QED) is 0.811. The predicted molar refractivity (Wildman–Crippen MR) is 57.9 cm³/mol. The highest BCUT2D eigenvalue weighted by atomic mass is 16.5. The molecule has 0 aliphatic carbocycles. The fraction of sp³-hybridized carbons (Fsp3) is 0.0833. The Bertz CT molecular complexity index is 434. The zero-order chi connectivity index (χ0) is 10.7. The molecule has 0 saturated carbocycles. The molecule has 76 valence electrons. The molecule has 2 rings (SSSR count). The third kappa shape index (κ3) is 2.07. The second-order valence-electron chi connectivity index (χ2n) is 3.14. The Hall–Kier alpha value is -2.03. The number of ether oxygens (including phenoxy) is 1. The molecule has 1 heterocycles. The molecule has 0 spiro atoms. The van der Waals surface area contributed by atoms with E-state index < -0.39 is 0 Å². The van der Waals surface area contributed by atoms with Crippen molar-refractivity contribution in [2.24, 2.45) is 0 Å². The Labute approximate surface area is 88.0 Å². The van der Waals surface area contributed by atoms with Crippen LogP contribution in [0.4, 0.5) is 0 Å². The lowest BCUT2D eigenvalue weighted by Gasteiger charge is -2.02. The average molecular weight is 201 g/mol. The third-order valence-electron chi connectivity index (χ3n) is 2.15. The number of aromatic nitrogens is 1. The molecule has 1 aromatic carbocycles. The summed E-state index contributed by atoms with van der Waals surface area (Å²) in [7, 11) is 1.59. The first-order chi connectivity index (χ1) is 7.29. The lowest BCUT2D eigenvalue weighted by Crippen LogP contribution is -1.86. The van der Waals surface area contributed by atoms with Crippen molar-refractivity contribution in [3.63, 3.8) is 0 Å². The summed E-state index contributed by atoms with van der Waals surface area (Å²) in [6, 6.07) is 10.7. The first-order valence-corrected chi connectivity index (χ1v) is 4.59. The SMILES string of the molecule is COc1ccc(-c2ccc(O)cc2)cn1. The van der Waals surface area contributed by atoms with E-state index in [0.29, 0.717) is 5.88 Å². The van der Waals surface area contributed by atoms with E-state index in [9.17, 15) is 0 Å². The lowest BCUT2D eigenvalue weighted by atomic mass is 10.1. The van der Waals surface area contributed by atoms with Crippen molar-refractivity contribution in [2.45, 2.75) is 0 Å². The van der Waals surface area contributed by atoms with E-state index in [-0.39, 0.29) is 5.75 Å². The van der Waals surface area contributed by atoms with E-state index in [4.69, 9.17) is 9.84 Å². The van der Waals surface area contributed by atoms with Crippen LogP contribution in [-0.4, -0.2) is 17.2 Å². The number of rotatable bonds is 2. The first-order valence-electron chi connectivity index (χ1n) is 4.59. The lowest BCUT2D eigenvalue weighted by molar-refractivity contribution is 0.398. The Morgan fingerprint density at radius 3 is 2.20 bits per heavy atom. The zero-order valence-electron chi connectivity index (χ0n) is 8.34. The van der Waals surface area contributed by atoms with Gasteiger partial charge < -0.3 is 9.84 Å². The van der Waals surface area contributed by atoms with Gasteiger partial charge in [-0.2, -0.15) is 0 Å². The molecule has 0 aliphatic rings. The summed E-state index contributed by atoms with van der Waals surface area (Å²) in [5.74, 6) is 0.859. The molecule has 0 fully saturated rings. The minimum Gasteiger partial charge on any atom is -0.508 e. The molecule has 1 N–H and O–H groups in total. The zero-order valence-corrected chi connectivity index (χ0v) is 8.34.